The van der Waals surface area contributed by atoms with Crippen molar-refractivity contribution in [3.05, 3.63) is 73.9 Å². The number of aromatic amines is 1. The average molecular weight is 394 g/mol. The molecule has 0 bridgehead atoms. The molecule has 0 spiro atoms. The second-order valence-corrected chi connectivity index (χ2v) is 7.02. The number of carbonyl (C=O) groups excluding carboxylic acids is 2. The maximum Gasteiger partial charge on any atom is 0.329 e. The van der Waals surface area contributed by atoms with E-state index in [1.54, 1.807) is 32.0 Å². The number of aryl methyl sites for hydroxylation is 1. The molecular formula is C21H22N4O4. The highest BCUT2D eigenvalue weighted by atomic mass is 16.2. The van der Waals surface area contributed by atoms with Crippen LogP contribution in [-0.4, -0.2) is 28.4 Å². The number of rotatable bonds is 4. The molecule has 0 unspecified atom stereocenters. The Bertz CT molecular complexity index is 1240. The summed E-state index contributed by atoms with van der Waals surface area (Å²) in [5.74, 6) is -0.678. The van der Waals surface area contributed by atoms with E-state index in [0.717, 1.165) is 10.1 Å². The van der Waals surface area contributed by atoms with E-state index >= 15 is 0 Å². The van der Waals surface area contributed by atoms with Gasteiger partial charge in [-0.25, -0.2) is 4.79 Å². The maximum atomic E-state index is 12.7. The molecule has 2 amide bonds. The normalized spacial score (nSPS) is 10.9. The highest BCUT2D eigenvalue weighted by Crippen LogP contribution is 2.19. The van der Waals surface area contributed by atoms with Crippen molar-refractivity contribution in [2.24, 2.45) is 0 Å². The second kappa shape index (κ2) is 7.75. The molecule has 0 atom stereocenters. The molecule has 0 saturated carbocycles. The number of carbonyl (C=O) groups is 2. The van der Waals surface area contributed by atoms with E-state index in [-0.39, 0.29) is 17.5 Å². The molecule has 1 aromatic heterocycles. The topological polar surface area (TPSA) is 113 Å². The quantitative estimate of drug-likeness (QED) is 0.629. The van der Waals surface area contributed by atoms with Crippen LogP contribution in [0.2, 0.25) is 0 Å². The van der Waals surface area contributed by atoms with Crippen molar-refractivity contribution in [2.45, 2.75) is 26.8 Å². The maximum absolute atomic E-state index is 12.7. The molecule has 29 heavy (non-hydrogen) atoms. The summed E-state index contributed by atoms with van der Waals surface area (Å²) in [6.45, 7) is 5.31. The summed E-state index contributed by atoms with van der Waals surface area (Å²) >= 11 is 0. The number of fused-ring (bicyclic) bond motifs is 1. The molecule has 2 aromatic carbocycles. The predicted octanol–water partition coefficient (Wildman–Crippen LogP) is 2.19. The summed E-state index contributed by atoms with van der Waals surface area (Å²) < 4.78 is 1.13. The van der Waals surface area contributed by atoms with E-state index in [0.29, 0.717) is 22.2 Å². The van der Waals surface area contributed by atoms with Crippen molar-refractivity contribution >= 4 is 28.4 Å². The highest BCUT2D eigenvalue weighted by Gasteiger charge is 2.14. The number of H-pyrrole nitrogens is 1. The summed E-state index contributed by atoms with van der Waals surface area (Å²) in [4.78, 5) is 52.0. The third-order valence-corrected chi connectivity index (χ3v) is 4.68. The molecule has 0 saturated heterocycles. The van der Waals surface area contributed by atoms with Gasteiger partial charge in [0, 0.05) is 29.9 Å². The van der Waals surface area contributed by atoms with Gasteiger partial charge in [-0.3, -0.25) is 19.0 Å². The molecule has 0 fully saturated rings. The summed E-state index contributed by atoms with van der Waals surface area (Å²) in [5.41, 5.74) is 1.36. The van der Waals surface area contributed by atoms with Crippen LogP contribution in [0.4, 0.5) is 5.69 Å². The lowest BCUT2D eigenvalue weighted by Gasteiger charge is -2.12. The van der Waals surface area contributed by atoms with Crippen molar-refractivity contribution in [3.8, 4) is 0 Å². The van der Waals surface area contributed by atoms with Crippen LogP contribution in [-0.2, 0) is 0 Å². The molecule has 0 aliphatic carbocycles. The molecule has 0 radical (unpaired) electrons. The van der Waals surface area contributed by atoms with E-state index in [9.17, 15) is 19.2 Å². The molecule has 1 heterocycles. The van der Waals surface area contributed by atoms with Crippen LogP contribution in [0.5, 0.6) is 0 Å². The van der Waals surface area contributed by atoms with Gasteiger partial charge >= 0.3 is 5.69 Å². The SMILES string of the molecule is CNC(=O)c1ccc(C)c(NC(=O)c2ccc3c(=O)n(C(C)C)c(=O)[nH]c3c2)c1. The predicted molar refractivity (Wildman–Crippen MR) is 112 cm³/mol. The Morgan fingerprint density at radius 3 is 2.31 bits per heavy atom. The Balaban J connectivity index is 1.98. The van der Waals surface area contributed by atoms with Crippen LogP contribution in [0.1, 0.15) is 46.2 Å². The molecule has 150 valence electrons. The molecule has 3 aromatic rings. The summed E-state index contributed by atoms with van der Waals surface area (Å²) in [5, 5.41) is 5.64. The number of hydrogen-bond donors (Lipinski definition) is 3. The fourth-order valence-electron chi connectivity index (χ4n) is 3.08. The van der Waals surface area contributed by atoms with Crippen molar-refractivity contribution in [1.82, 2.24) is 14.9 Å². The number of nitrogens with one attached hydrogen (secondary N) is 3. The van der Waals surface area contributed by atoms with Crippen LogP contribution in [0.25, 0.3) is 10.9 Å². The minimum absolute atomic E-state index is 0.259. The highest BCUT2D eigenvalue weighted by molar-refractivity contribution is 6.07. The number of anilines is 1. The van der Waals surface area contributed by atoms with Gasteiger partial charge in [0.15, 0.2) is 0 Å². The third-order valence-electron chi connectivity index (χ3n) is 4.68. The number of hydrogen-bond acceptors (Lipinski definition) is 4. The van der Waals surface area contributed by atoms with Crippen molar-refractivity contribution in [3.63, 3.8) is 0 Å². The average Bonchev–Trinajstić information content (AvgIpc) is 2.68. The van der Waals surface area contributed by atoms with Gasteiger partial charge in [0.05, 0.1) is 10.9 Å². The smallest absolute Gasteiger partial charge is 0.329 e. The molecule has 0 aliphatic rings. The largest absolute Gasteiger partial charge is 0.355 e. The Morgan fingerprint density at radius 1 is 1.00 bits per heavy atom. The van der Waals surface area contributed by atoms with Gasteiger partial charge in [0.2, 0.25) is 0 Å². The fraction of sp³-hybridized carbons (Fsp3) is 0.238. The van der Waals surface area contributed by atoms with Crippen LogP contribution >= 0.6 is 0 Å². The third kappa shape index (κ3) is 3.82. The van der Waals surface area contributed by atoms with Crippen molar-refractivity contribution in [2.75, 3.05) is 12.4 Å². The molecule has 8 nitrogen and oxygen atoms in total. The zero-order valence-electron chi connectivity index (χ0n) is 16.6. The van der Waals surface area contributed by atoms with Gasteiger partial charge in [0.1, 0.15) is 0 Å². The lowest BCUT2D eigenvalue weighted by Crippen LogP contribution is -2.36. The van der Waals surface area contributed by atoms with Crippen LogP contribution in [0.15, 0.2) is 46.0 Å². The van der Waals surface area contributed by atoms with E-state index < -0.39 is 17.2 Å². The zero-order chi connectivity index (χ0) is 21.3. The Hall–Kier alpha value is -3.68. The van der Waals surface area contributed by atoms with Crippen molar-refractivity contribution in [1.29, 1.82) is 0 Å². The summed E-state index contributed by atoms with van der Waals surface area (Å²) in [6.07, 6.45) is 0. The van der Waals surface area contributed by atoms with Crippen LogP contribution in [0, 0.1) is 6.92 Å². The first-order valence-electron chi connectivity index (χ1n) is 9.15. The van der Waals surface area contributed by atoms with E-state index in [4.69, 9.17) is 0 Å². The lowest BCUT2D eigenvalue weighted by atomic mass is 10.1. The van der Waals surface area contributed by atoms with Gasteiger partial charge < -0.3 is 15.6 Å². The standard InChI is InChI=1S/C21H22N4O4/c1-11(2)25-20(28)15-8-7-14(10-17(15)24-21(25)29)19(27)23-16-9-13(18(26)22-4)6-5-12(16)3/h5-11H,1-4H3,(H,22,26)(H,23,27)(H,24,29). The molecule has 3 N–H and O–H groups in total. The molecule has 8 heteroatoms. The number of amides is 2. The monoisotopic (exact) mass is 394 g/mol. The van der Waals surface area contributed by atoms with Crippen molar-refractivity contribution < 1.29 is 9.59 Å². The fourth-order valence-corrected chi connectivity index (χ4v) is 3.08. The molecule has 0 aliphatic heterocycles. The Morgan fingerprint density at radius 2 is 1.66 bits per heavy atom. The molecular weight excluding hydrogens is 372 g/mol. The second-order valence-electron chi connectivity index (χ2n) is 7.02. The van der Waals surface area contributed by atoms with Crippen LogP contribution < -0.4 is 21.9 Å². The van der Waals surface area contributed by atoms with Gasteiger partial charge in [-0.2, -0.15) is 0 Å². The summed E-state index contributed by atoms with van der Waals surface area (Å²) in [6, 6.07) is 9.24. The minimum Gasteiger partial charge on any atom is -0.355 e. The first kappa shape index (κ1) is 20.1. The van der Waals surface area contributed by atoms with Gasteiger partial charge in [0.25, 0.3) is 17.4 Å². The van der Waals surface area contributed by atoms with Crippen LogP contribution in [0.3, 0.4) is 0 Å². The summed E-state index contributed by atoms with van der Waals surface area (Å²) in [7, 11) is 1.53. The first-order valence-corrected chi connectivity index (χ1v) is 9.15. The Labute approximate surface area is 166 Å². The van der Waals surface area contributed by atoms with E-state index in [1.165, 1.54) is 25.2 Å². The number of nitrogens with zero attached hydrogens (tertiary/aromatic N) is 1. The van der Waals surface area contributed by atoms with E-state index in [2.05, 4.69) is 15.6 Å². The minimum atomic E-state index is -0.524. The van der Waals surface area contributed by atoms with Gasteiger partial charge in [-0.1, -0.05) is 6.07 Å². The first-order chi connectivity index (χ1) is 13.7. The zero-order valence-corrected chi connectivity index (χ0v) is 16.6. The van der Waals surface area contributed by atoms with E-state index in [1.807, 2.05) is 6.92 Å². The van der Waals surface area contributed by atoms with Gasteiger partial charge in [-0.05, 0) is 56.7 Å². The molecule has 3 rings (SSSR count). The number of aromatic nitrogens is 2. The number of benzene rings is 2. The lowest BCUT2D eigenvalue weighted by molar-refractivity contribution is 0.0961. The Kier molecular flexibility index (Phi) is 5.36. The van der Waals surface area contributed by atoms with Gasteiger partial charge in [-0.15, -0.1) is 0 Å².